The monoisotopic (exact) mass is 468 g/mol. The summed E-state index contributed by atoms with van der Waals surface area (Å²) in [5.74, 6) is 0.338. The van der Waals surface area contributed by atoms with Gasteiger partial charge < -0.3 is 14.4 Å². The van der Waals surface area contributed by atoms with Gasteiger partial charge in [-0.2, -0.15) is 5.10 Å². The van der Waals surface area contributed by atoms with Gasteiger partial charge in [-0.3, -0.25) is 9.59 Å². The van der Waals surface area contributed by atoms with Crippen LogP contribution in [0, 0.1) is 6.92 Å². The zero-order valence-corrected chi connectivity index (χ0v) is 19.5. The molecule has 9 nitrogen and oxygen atoms in total. The topological polar surface area (TPSA) is 108 Å². The van der Waals surface area contributed by atoms with Crippen LogP contribution in [-0.4, -0.2) is 36.4 Å². The molecule has 5 rings (SSSR count). The Balaban J connectivity index is 1.51. The molecule has 1 N–H and O–H groups in total. The van der Waals surface area contributed by atoms with Crippen molar-refractivity contribution < 1.29 is 9.32 Å². The molecular weight excluding hydrogens is 444 g/mol. The van der Waals surface area contributed by atoms with E-state index in [-0.39, 0.29) is 23.6 Å². The van der Waals surface area contributed by atoms with Crippen LogP contribution in [0.15, 0.2) is 40.2 Å². The molecule has 1 amide bonds. The van der Waals surface area contributed by atoms with Gasteiger partial charge in [-0.1, -0.05) is 22.8 Å². The Hall–Kier alpha value is -3.20. The number of rotatable bonds is 4. The molecule has 172 valence electrons. The number of nitrogens with zero attached hydrogens (tertiary/aromatic N) is 5. The first-order chi connectivity index (χ1) is 15.8. The number of halogens is 1. The van der Waals surface area contributed by atoms with Gasteiger partial charge in [0.05, 0.1) is 10.5 Å². The van der Waals surface area contributed by atoms with Crippen molar-refractivity contribution in [2.45, 2.75) is 64.1 Å². The molecule has 1 aliphatic rings. The number of hydrogen-bond donors (Lipinski definition) is 1. The first kappa shape index (κ1) is 21.6. The lowest BCUT2D eigenvalue weighted by Crippen LogP contribution is -2.50. The average molecular weight is 469 g/mol. The fraction of sp³-hybridized carbons (Fsp3) is 0.435. The summed E-state index contributed by atoms with van der Waals surface area (Å²) in [5.41, 5.74) is 0.204. The Kier molecular flexibility index (Phi) is 5.23. The van der Waals surface area contributed by atoms with Gasteiger partial charge in [0.1, 0.15) is 34.9 Å². The number of hydrogen-bond acceptors (Lipinski definition) is 6. The minimum absolute atomic E-state index is 0.0700. The third-order valence-corrected chi connectivity index (χ3v) is 6.99. The van der Waals surface area contributed by atoms with E-state index in [1.807, 2.05) is 16.7 Å². The SMILES string of the molecule is Cc1onc2c1c(=O)n(C1CCCC(NC(=O)C(C)(C)n3cncn3)C1)c1cccc(Cl)c21. The number of carbonyl (C=O) groups is 1. The molecule has 0 spiro atoms. The number of pyridine rings is 1. The standard InChI is InChI=1S/C23H25ClN6O3/c1-13-18-20(28-33-13)19-16(24)8-5-9-17(19)30(21(18)31)15-7-4-6-14(10-15)27-22(32)23(2,3)29-12-25-11-26-29/h5,8-9,11-12,14-15H,4,6-7,10H2,1-3H3,(H,27,32). The minimum Gasteiger partial charge on any atom is -0.360 e. The summed E-state index contributed by atoms with van der Waals surface area (Å²) in [5, 5.41) is 13.1. The van der Waals surface area contributed by atoms with Crippen LogP contribution in [0.25, 0.3) is 21.8 Å². The summed E-state index contributed by atoms with van der Waals surface area (Å²) in [7, 11) is 0. The number of fused-ring (bicyclic) bond motifs is 3. The quantitative estimate of drug-likeness (QED) is 0.489. The average Bonchev–Trinajstić information content (AvgIpc) is 3.45. The van der Waals surface area contributed by atoms with E-state index in [1.54, 1.807) is 31.5 Å². The largest absolute Gasteiger partial charge is 0.360 e. The van der Waals surface area contributed by atoms with Gasteiger partial charge in [-0.15, -0.1) is 0 Å². The fourth-order valence-corrected chi connectivity index (χ4v) is 5.09. The van der Waals surface area contributed by atoms with Gasteiger partial charge in [-0.05, 0) is 58.6 Å². The summed E-state index contributed by atoms with van der Waals surface area (Å²) in [6, 6.07) is 5.35. The molecule has 1 fully saturated rings. The molecule has 2 unspecified atom stereocenters. The van der Waals surface area contributed by atoms with Gasteiger partial charge in [0.25, 0.3) is 5.56 Å². The number of benzene rings is 1. The van der Waals surface area contributed by atoms with E-state index >= 15 is 0 Å². The number of carbonyl (C=O) groups excluding carboxylic acids is 1. The molecule has 1 aromatic carbocycles. The smallest absolute Gasteiger partial charge is 0.264 e. The van der Waals surface area contributed by atoms with Crippen LogP contribution in [0.1, 0.15) is 51.3 Å². The first-order valence-electron chi connectivity index (χ1n) is 11.0. The zero-order valence-electron chi connectivity index (χ0n) is 18.7. The maximum atomic E-state index is 13.6. The summed E-state index contributed by atoms with van der Waals surface area (Å²) >= 11 is 6.54. The van der Waals surface area contributed by atoms with Crippen molar-refractivity contribution in [2.24, 2.45) is 0 Å². The summed E-state index contributed by atoms with van der Waals surface area (Å²) < 4.78 is 8.72. The maximum absolute atomic E-state index is 13.6. The molecule has 0 radical (unpaired) electrons. The molecule has 0 saturated heterocycles. The molecule has 3 aromatic heterocycles. The van der Waals surface area contributed by atoms with Crippen LogP contribution in [-0.2, 0) is 10.3 Å². The van der Waals surface area contributed by atoms with Crippen molar-refractivity contribution in [1.29, 1.82) is 0 Å². The third kappa shape index (κ3) is 3.51. The van der Waals surface area contributed by atoms with E-state index in [4.69, 9.17) is 16.1 Å². The molecule has 1 saturated carbocycles. The van der Waals surface area contributed by atoms with Crippen molar-refractivity contribution in [3.8, 4) is 0 Å². The highest BCUT2D eigenvalue weighted by Gasteiger charge is 2.34. The highest BCUT2D eigenvalue weighted by atomic mass is 35.5. The third-order valence-electron chi connectivity index (χ3n) is 6.68. The van der Waals surface area contributed by atoms with Crippen molar-refractivity contribution in [3.63, 3.8) is 0 Å². The lowest BCUT2D eigenvalue weighted by molar-refractivity contribution is -0.129. The zero-order chi connectivity index (χ0) is 23.3. The van der Waals surface area contributed by atoms with Crippen molar-refractivity contribution in [1.82, 2.24) is 29.8 Å². The lowest BCUT2D eigenvalue weighted by atomic mass is 9.89. The molecule has 0 aliphatic heterocycles. The van der Waals surface area contributed by atoms with Gasteiger partial charge >= 0.3 is 0 Å². The van der Waals surface area contributed by atoms with E-state index in [1.165, 1.54) is 12.7 Å². The Bertz CT molecular complexity index is 1410. The molecular formula is C23H25ClN6O3. The van der Waals surface area contributed by atoms with E-state index in [0.29, 0.717) is 33.5 Å². The van der Waals surface area contributed by atoms with E-state index < -0.39 is 5.54 Å². The Morgan fingerprint density at radius 1 is 1.27 bits per heavy atom. The number of aryl methyl sites for hydroxylation is 1. The van der Waals surface area contributed by atoms with Crippen molar-refractivity contribution >= 4 is 39.3 Å². The van der Waals surface area contributed by atoms with Gasteiger partial charge in [0, 0.05) is 17.5 Å². The van der Waals surface area contributed by atoms with Gasteiger partial charge in [0.15, 0.2) is 0 Å². The Labute approximate surface area is 194 Å². The molecule has 33 heavy (non-hydrogen) atoms. The maximum Gasteiger partial charge on any atom is 0.264 e. The Morgan fingerprint density at radius 3 is 2.85 bits per heavy atom. The molecule has 4 aromatic rings. The summed E-state index contributed by atoms with van der Waals surface area (Å²) in [6.07, 6.45) is 6.14. The van der Waals surface area contributed by atoms with E-state index in [9.17, 15) is 9.59 Å². The van der Waals surface area contributed by atoms with Crippen LogP contribution in [0.3, 0.4) is 0 Å². The summed E-state index contributed by atoms with van der Waals surface area (Å²) in [4.78, 5) is 30.6. The van der Waals surface area contributed by atoms with Crippen LogP contribution < -0.4 is 10.9 Å². The Morgan fingerprint density at radius 2 is 2.09 bits per heavy atom. The number of aromatic nitrogens is 5. The molecule has 10 heteroatoms. The second kappa shape index (κ2) is 7.98. The highest BCUT2D eigenvalue weighted by molar-refractivity contribution is 6.37. The van der Waals surface area contributed by atoms with Gasteiger partial charge in [-0.25, -0.2) is 9.67 Å². The lowest BCUT2D eigenvalue weighted by Gasteiger charge is -2.34. The predicted molar refractivity (Wildman–Crippen MR) is 124 cm³/mol. The van der Waals surface area contributed by atoms with Crippen molar-refractivity contribution in [2.75, 3.05) is 0 Å². The first-order valence-corrected chi connectivity index (χ1v) is 11.4. The van der Waals surface area contributed by atoms with E-state index in [0.717, 1.165) is 24.8 Å². The molecule has 2 atom stereocenters. The predicted octanol–water partition coefficient (Wildman–Crippen LogP) is 3.73. The van der Waals surface area contributed by atoms with Crippen LogP contribution in [0.5, 0.6) is 0 Å². The van der Waals surface area contributed by atoms with Crippen LogP contribution in [0.2, 0.25) is 5.02 Å². The molecule has 3 heterocycles. The number of amides is 1. The second-order valence-electron chi connectivity index (χ2n) is 9.16. The normalized spacial score (nSPS) is 19.3. The molecule has 1 aliphatic carbocycles. The highest BCUT2D eigenvalue weighted by Crippen LogP contribution is 2.35. The van der Waals surface area contributed by atoms with Gasteiger partial charge in [0.2, 0.25) is 5.91 Å². The fourth-order valence-electron chi connectivity index (χ4n) is 4.83. The summed E-state index contributed by atoms with van der Waals surface area (Å²) in [6.45, 7) is 5.35. The van der Waals surface area contributed by atoms with Crippen molar-refractivity contribution in [3.05, 3.63) is 52.0 Å². The van der Waals surface area contributed by atoms with Crippen LogP contribution in [0.4, 0.5) is 0 Å². The second-order valence-corrected chi connectivity index (χ2v) is 9.57. The number of nitrogens with one attached hydrogen (secondary N) is 1. The minimum atomic E-state index is -0.876. The molecule has 0 bridgehead atoms. The van der Waals surface area contributed by atoms with Crippen LogP contribution >= 0.6 is 11.6 Å². The van der Waals surface area contributed by atoms with E-state index in [2.05, 4.69) is 20.6 Å².